The van der Waals surface area contributed by atoms with Gasteiger partial charge in [-0.15, -0.1) is 0 Å². The fourth-order valence-electron chi connectivity index (χ4n) is 3.37. The van der Waals surface area contributed by atoms with Crippen molar-refractivity contribution in [3.05, 3.63) is 70.1 Å². The SMILES string of the molecule is C[C@H](/C=C/S(C)(=O)=O)NC(=O)c1ccc2c(c1)OCCN2[C@H](C)c1ccccc1Cl. The van der Waals surface area contributed by atoms with Gasteiger partial charge >= 0.3 is 0 Å². The van der Waals surface area contributed by atoms with Crippen molar-refractivity contribution < 1.29 is 17.9 Å². The van der Waals surface area contributed by atoms with Crippen molar-refractivity contribution in [1.82, 2.24) is 5.32 Å². The van der Waals surface area contributed by atoms with Gasteiger partial charge < -0.3 is 15.0 Å². The van der Waals surface area contributed by atoms with Gasteiger partial charge in [-0.25, -0.2) is 8.42 Å². The fourth-order valence-corrected chi connectivity index (χ4v) is 4.18. The summed E-state index contributed by atoms with van der Waals surface area (Å²) in [6.07, 6.45) is 2.55. The maximum atomic E-state index is 12.6. The van der Waals surface area contributed by atoms with Crippen LogP contribution in [-0.4, -0.2) is 39.8 Å². The minimum absolute atomic E-state index is 0.0437. The lowest BCUT2D eigenvalue weighted by molar-refractivity contribution is 0.0946. The summed E-state index contributed by atoms with van der Waals surface area (Å²) in [6.45, 7) is 5.01. The molecule has 1 aliphatic heterocycles. The molecule has 0 saturated heterocycles. The normalized spacial score (nSPS) is 15.9. The molecule has 0 saturated carbocycles. The first-order valence-electron chi connectivity index (χ1n) is 9.63. The van der Waals surface area contributed by atoms with Crippen LogP contribution >= 0.6 is 11.6 Å². The number of halogens is 1. The lowest BCUT2D eigenvalue weighted by atomic mass is 10.0. The van der Waals surface area contributed by atoms with Crippen LogP contribution in [0.3, 0.4) is 0 Å². The molecule has 8 heteroatoms. The van der Waals surface area contributed by atoms with Gasteiger partial charge in [0.05, 0.1) is 18.3 Å². The second-order valence-corrected chi connectivity index (χ2v) is 9.68. The van der Waals surface area contributed by atoms with Crippen molar-refractivity contribution in [3.8, 4) is 5.75 Å². The number of carbonyl (C=O) groups is 1. The molecule has 2 atom stereocenters. The Morgan fingerprint density at radius 1 is 1.23 bits per heavy atom. The van der Waals surface area contributed by atoms with E-state index in [1.54, 1.807) is 19.1 Å². The monoisotopic (exact) mass is 448 g/mol. The zero-order chi connectivity index (χ0) is 21.9. The number of sulfone groups is 1. The molecule has 0 bridgehead atoms. The summed E-state index contributed by atoms with van der Waals surface area (Å²) in [7, 11) is -3.24. The van der Waals surface area contributed by atoms with Crippen LogP contribution in [0.4, 0.5) is 5.69 Å². The van der Waals surface area contributed by atoms with E-state index in [0.717, 1.165) is 22.9 Å². The maximum absolute atomic E-state index is 12.6. The van der Waals surface area contributed by atoms with Crippen molar-refractivity contribution >= 4 is 33.0 Å². The molecule has 6 nitrogen and oxygen atoms in total. The van der Waals surface area contributed by atoms with Gasteiger partial charge in [0, 0.05) is 28.3 Å². The molecular weight excluding hydrogens is 424 g/mol. The van der Waals surface area contributed by atoms with Crippen molar-refractivity contribution in [1.29, 1.82) is 0 Å². The number of nitrogens with one attached hydrogen (secondary N) is 1. The Morgan fingerprint density at radius 3 is 2.67 bits per heavy atom. The van der Waals surface area contributed by atoms with Crippen LogP contribution in [0.15, 0.2) is 53.9 Å². The highest BCUT2D eigenvalue weighted by atomic mass is 35.5. The summed E-state index contributed by atoms with van der Waals surface area (Å²) in [5, 5.41) is 4.56. The molecule has 0 aromatic heterocycles. The first kappa shape index (κ1) is 22.2. The van der Waals surface area contributed by atoms with Gasteiger partial charge in [0.1, 0.15) is 12.4 Å². The third kappa shape index (κ3) is 5.34. The predicted molar refractivity (Wildman–Crippen MR) is 120 cm³/mol. The molecule has 1 heterocycles. The maximum Gasteiger partial charge on any atom is 0.251 e. The van der Waals surface area contributed by atoms with Gasteiger partial charge in [-0.1, -0.05) is 35.9 Å². The van der Waals surface area contributed by atoms with Gasteiger partial charge in [0.25, 0.3) is 5.91 Å². The average Bonchev–Trinajstić information content (AvgIpc) is 2.70. The first-order chi connectivity index (χ1) is 14.2. The molecule has 2 aromatic rings. The van der Waals surface area contributed by atoms with Crippen LogP contribution in [0.25, 0.3) is 0 Å². The molecule has 0 spiro atoms. The van der Waals surface area contributed by atoms with E-state index < -0.39 is 15.9 Å². The summed E-state index contributed by atoms with van der Waals surface area (Å²) < 4.78 is 28.3. The lowest BCUT2D eigenvalue weighted by Gasteiger charge is -2.36. The fraction of sp³-hybridized carbons (Fsp3) is 0.318. The molecule has 3 rings (SSSR count). The van der Waals surface area contributed by atoms with Crippen LogP contribution in [0.5, 0.6) is 5.75 Å². The Hall–Kier alpha value is -2.51. The smallest absolute Gasteiger partial charge is 0.251 e. The van der Waals surface area contributed by atoms with E-state index in [4.69, 9.17) is 16.3 Å². The molecular formula is C22H25ClN2O4S. The van der Waals surface area contributed by atoms with Crippen LogP contribution in [0.1, 0.15) is 35.8 Å². The molecule has 0 radical (unpaired) electrons. The molecule has 30 heavy (non-hydrogen) atoms. The van der Waals surface area contributed by atoms with Crippen LogP contribution < -0.4 is 15.0 Å². The molecule has 1 N–H and O–H groups in total. The minimum atomic E-state index is -3.24. The van der Waals surface area contributed by atoms with E-state index in [2.05, 4.69) is 17.1 Å². The highest BCUT2D eigenvalue weighted by molar-refractivity contribution is 7.93. The number of carbonyl (C=O) groups excluding carboxylic acids is 1. The zero-order valence-electron chi connectivity index (χ0n) is 17.1. The van der Waals surface area contributed by atoms with Gasteiger partial charge in [-0.05, 0) is 43.7 Å². The molecule has 0 fully saturated rings. The van der Waals surface area contributed by atoms with Crippen molar-refractivity contribution in [3.63, 3.8) is 0 Å². The quantitative estimate of drug-likeness (QED) is 0.723. The third-order valence-corrected chi connectivity index (χ3v) is 5.91. The summed E-state index contributed by atoms with van der Waals surface area (Å²) in [6, 6.07) is 12.7. The van der Waals surface area contributed by atoms with Crippen LogP contribution in [0.2, 0.25) is 5.02 Å². The zero-order valence-corrected chi connectivity index (χ0v) is 18.7. The van der Waals surface area contributed by atoms with Crippen LogP contribution in [0, 0.1) is 0 Å². The lowest BCUT2D eigenvalue weighted by Crippen LogP contribution is -2.35. The number of amides is 1. The molecule has 0 aliphatic carbocycles. The van der Waals surface area contributed by atoms with E-state index >= 15 is 0 Å². The highest BCUT2D eigenvalue weighted by Gasteiger charge is 2.25. The van der Waals surface area contributed by atoms with Crippen molar-refractivity contribution in [2.45, 2.75) is 25.9 Å². The van der Waals surface area contributed by atoms with Gasteiger partial charge in [-0.2, -0.15) is 0 Å². The molecule has 2 aromatic carbocycles. The van der Waals surface area contributed by atoms with E-state index in [-0.39, 0.29) is 11.9 Å². The van der Waals surface area contributed by atoms with Gasteiger partial charge in [0.15, 0.2) is 9.84 Å². The van der Waals surface area contributed by atoms with E-state index in [0.29, 0.717) is 29.5 Å². The molecule has 0 unspecified atom stereocenters. The predicted octanol–water partition coefficient (Wildman–Crippen LogP) is 3.98. The summed E-state index contributed by atoms with van der Waals surface area (Å²) in [4.78, 5) is 14.8. The Balaban J connectivity index is 1.79. The first-order valence-corrected chi connectivity index (χ1v) is 12.0. The Morgan fingerprint density at radius 2 is 1.97 bits per heavy atom. The van der Waals surface area contributed by atoms with Gasteiger partial charge in [0.2, 0.25) is 0 Å². The number of benzene rings is 2. The number of rotatable bonds is 6. The van der Waals surface area contributed by atoms with E-state index in [1.807, 2.05) is 30.3 Å². The molecule has 160 valence electrons. The topological polar surface area (TPSA) is 75.7 Å². The minimum Gasteiger partial charge on any atom is -0.490 e. The van der Waals surface area contributed by atoms with Crippen molar-refractivity contribution in [2.75, 3.05) is 24.3 Å². The average molecular weight is 449 g/mol. The van der Waals surface area contributed by atoms with Crippen LogP contribution in [-0.2, 0) is 9.84 Å². The number of anilines is 1. The number of ether oxygens (including phenoxy) is 1. The Bertz CT molecular complexity index is 1070. The number of hydrogen-bond acceptors (Lipinski definition) is 5. The second kappa shape index (κ2) is 9.10. The Labute approximate surface area is 182 Å². The summed E-state index contributed by atoms with van der Waals surface area (Å²) >= 11 is 6.38. The largest absolute Gasteiger partial charge is 0.490 e. The van der Waals surface area contributed by atoms with E-state index in [9.17, 15) is 13.2 Å². The third-order valence-electron chi connectivity index (χ3n) is 4.92. The summed E-state index contributed by atoms with van der Waals surface area (Å²) in [5.74, 6) is 0.329. The number of nitrogens with zero attached hydrogens (tertiary/aromatic N) is 1. The second-order valence-electron chi connectivity index (χ2n) is 7.34. The Kier molecular flexibility index (Phi) is 6.73. The highest BCUT2D eigenvalue weighted by Crippen LogP contribution is 2.39. The van der Waals surface area contributed by atoms with Crippen molar-refractivity contribution in [2.24, 2.45) is 0 Å². The number of fused-ring (bicyclic) bond motifs is 1. The summed E-state index contributed by atoms with van der Waals surface area (Å²) in [5.41, 5.74) is 2.37. The molecule has 1 aliphatic rings. The van der Waals surface area contributed by atoms with Gasteiger partial charge in [-0.3, -0.25) is 4.79 Å². The standard InChI is InChI=1S/C22H25ClN2O4S/c1-15(10-13-30(3,27)28)24-22(26)17-8-9-20-21(14-17)29-12-11-25(20)16(2)18-6-4-5-7-19(18)23/h4-10,13-16H,11-12H2,1-3H3,(H,24,26)/b13-10+/t15-,16-/m1/s1. The molecule has 1 amide bonds. The number of hydrogen-bond donors (Lipinski definition) is 1. The van der Waals surface area contributed by atoms with E-state index in [1.165, 1.54) is 6.08 Å².